The highest BCUT2D eigenvalue weighted by Gasteiger charge is 2.18. The van der Waals surface area contributed by atoms with Gasteiger partial charge in [0, 0.05) is 4.70 Å². The number of hydrogen-bond acceptors (Lipinski definition) is 3. The van der Waals surface area contributed by atoms with Gasteiger partial charge in [0.2, 0.25) is 0 Å². The monoisotopic (exact) mass is 299 g/mol. The van der Waals surface area contributed by atoms with Gasteiger partial charge < -0.3 is 9.73 Å². The summed E-state index contributed by atoms with van der Waals surface area (Å²) in [5.74, 6) is 1.58. The summed E-state index contributed by atoms with van der Waals surface area (Å²) in [5.41, 5.74) is 1.04. The van der Waals surface area contributed by atoms with Crippen LogP contribution in [0.5, 0.6) is 0 Å². The normalized spacial score (nSPS) is 12.5. The van der Waals surface area contributed by atoms with Crippen molar-refractivity contribution >= 4 is 27.3 Å². The first-order valence-corrected chi connectivity index (χ1v) is 7.73. The summed E-state index contributed by atoms with van der Waals surface area (Å²) in [6.07, 6.45) is 0. The molecule has 4 heteroatoms. The fourth-order valence-corrected chi connectivity index (χ4v) is 3.52. The number of benzene rings is 1. The molecule has 3 aromatic rings. The van der Waals surface area contributed by atoms with E-state index in [-0.39, 0.29) is 11.9 Å². The maximum Gasteiger partial charge on any atom is 0.262 e. The van der Waals surface area contributed by atoms with Gasteiger partial charge in [-0.05, 0) is 49.9 Å². The van der Waals surface area contributed by atoms with Gasteiger partial charge in [-0.3, -0.25) is 4.79 Å². The molecule has 21 heavy (non-hydrogen) atoms. The fourth-order valence-electron chi connectivity index (χ4n) is 2.41. The Labute approximate surface area is 127 Å². The van der Waals surface area contributed by atoms with Crippen molar-refractivity contribution in [3.63, 3.8) is 0 Å². The van der Waals surface area contributed by atoms with E-state index in [0.29, 0.717) is 0 Å². The Kier molecular flexibility index (Phi) is 3.55. The minimum atomic E-state index is -0.143. The van der Waals surface area contributed by atoms with E-state index in [9.17, 15) is 4.79 Å². The van der Waals surface area contributed by atoms with Crippen LogP contribution in [0.1, 0.15) is 39.7 Å². The Morgan fingerprint density at radius 2 is 1.95 bits per heavy atom. The number of thiophene rings is 1. The standard InChI is InChI=1S/C17H17NO2S/c1-10-8-9-14(20-10)12(3)18-17(19)16-11(2)13-6-4-5-7-15(13)21-16/h4-9,12H,1-3H3,(H,18,19)/t12-/m1/s1. The predicted octanol–water partition coefficient (Wildman–Crippen LogP) is 4.60. The number of carbonyl (C=O) groups is 1. The molecule has 0 saturated carbocycles. The van der Waals surface area contributed by atoms with Crippen molar-refractivity contribution in [3.05, 3.63) is 58.4 Å². The summed E-state index contributed by atoms with van der Waals surface area (Å²) in [6, 6.07) is 11.8. The second-order valence-corrected chi connectivity index (χ2v) is 6.25. The number of nitrogens with one attached hydrogen (secondary N) is 1. The lowest BCUT2D eigenvalue weighted by molar-refractivity contribution is 0.0939. The summed E-state index contributed by atoms with van der Waals surface area (Å²) in [5, 5.41) is 4.15. The van der Waals surface area contributed by atoms with Crippen LogP contribution in [-0.2, 0) is 0 Å². The first kappa shape index (κ1) is 13.9. The van der Waals surface area contributed by atoms with Crippen LogP contribution >= 0.6 is 11.3 Å². The topological polar surface area (TPSA) is 42.2 Å². The highest BCUT2D eigenvalue weighted by atomic mass is 32.1. The Balaban J connectivity index is 1.85. The van der Waals surface area contributed by atoms with Crippen molar-refractivity contribution in [2.24, 2.45) is 0 Å². The third kappa shape index (κ3) is 2.59. The molecule has 0 radical (unpaired) electrons. The van der Waals surface area contributed by atoms with Crippen LogP contribution in [0.25, 0.3) is 10.1 Å². The zero-order valence-electron chi connectivity index (χ0n) is 12.3. The molecule has 3 nitrogen and oxygen atoms in total. The number of amides is 1. The molecule has 2 heterocycles. The van der Waals surface area contributed by atoms with Crippen molar-refractivity contribution in [1.29, 1.82) is 0 Å². The molecule has 0 spiro atoms. The van der Waals surface area contributed by atoms with Gasteiger partial charge in [-0.15, -0.1) is 11.3 Å². The molecule has 1 amide bonds. The van der Waals surface area contributed by atoms with Crippen molar-refractivity contribution in [1.82, 2.24) is 5.32 Å². The average molecular weight is 299 g/mol. The van der Waals surface area contributed by atoms with Gasteiger partial charge >= 0.3 is 0 Å². The molecule has 2 aromatic heterocycles. The molecule has 0 aliphatic carbocycles. The molecule has 1 atom stereocenters. The Bertz CT molecular complexity index is 800. The zero-order chi connectivity index (χ0) is 15.0. The molecule has 1 N–H and O–H groups in total. The zero-order valence-corrected chi connectivity index (χ0v) is 13.1. The smallest absolute Gasteiger partial charge is 0.262 e. The quantitative estimate of drug-likeness (QED) is 0.768. The number of carbonyl (C=O) groups excluding carboxylic acids is 1. The molecule has 0 aliphatic heterocycles. The van der Waals surface area contributed by atoms with E-state index in [1.165, 1.54) is 11.3 Å². The molecule has 0 unspecified atom stereocenters. The molecule has 0 bridgehead atoms. The molecular formula is C17H17NO2S. The maximum atomic E-state index is 12.5. The van der Waals surface area contributed by atoms with Crippen molar-refractivity contribution in [2.75, 3.05) is 0 Å². The largest absolute Gasteiger partial charge is 0.464 e. The molecule has 1 aromatic carbocycles. The van der Waals surface area contributed by atoms with E-state index < -0.39 is 0 Å². The molecule has 0 aliphatic rings. The summed E-state index contributed by atoms with van der Waals surface area (Å²) in [6.45, 7) is 5.82. The minimum Gasteiger partial charge on any atom is -0.464 e. The Morgan fingerprint density at radius 1 is 1.19 bits per heavy atom. The molecule has 0 fully saturated rings. The van der Waals surface area contributed by atoms with Crippen LogP contribution in [0.2, 0.25) is 0 Å². The molecular weight excluding hydrogens is 282 g/mol. The highest BCUT2D eigenvalue weighted by molar-refractivity contribution is 7.21. The third-order valence-electron chi connectivity index (χ3n) is 3.59. The van der Waals surface area contributed by atoms with Gasteiger partial charge in [0.25, 0.3) is 5.91 Å². The van der Waals surface area contributed by atoms with E-state index >= 15 is 0 Å². The van der Waals surface area contributed by atoms with Crippen LogP contribution in [0.4, 0.5) is 0 Å². The van der Waals surface area contributed by atoms with E-state index in [2.05, 4.69) is 11.4 Å². The van der Waals surface area contributed by atoms with Gasteiger partial charge in [-0.2, -0.15) is 0 Å². The van der Waals surface area contributed by atoms with E-state index in [1.807, 2.05) is 51.1 Å². The summed E-state index contributed by atoms with van der Waals surface area (Å²) >= 11 is 1.53. The summed E-state index contributed by atoms with van der Waals surface area (Å²) in [7, 11) is 0. The maximum absolute atomic E-state index is 12.5. The van der Waals surface area contributed by atoms with Crippen LogP contribution < -0.4 is 5.32 Å². The van der Waals surface area contributed by atoms with Gasteiger partial charge in [-0.25, -0.2) is 0 Å². The number of fused-ring (bicyclic) bond motifs is 1. The van der Waals surface area contributed by atoms with Crippen LogP contribution in [0.3, 0.4) is 0 Å². The Hall–Kier alpha value is -2.07. The lowest BCUT2D eigenvalue weighted by Gasteiger charge is -2.11. The highest BCUT2D eigenvalue weighted by Crippen LogP contribution is 2.30. The first-order chi connectivity index (χ1) is 10.1. The van der Waals surface area contributed by atoms with Gasteiger partial charge in [0.15, 0.2) is 0 Å². The third-order valence-corrected chi connectivity index (χ3v) is 4.86. The molecule has 108 valence electrons. The lowest BCUT2D eigenvalue weighted by Crippen LogP contribution is -2.26. The minimum absolute atomic E-state index is 0.0461. The van der Waals surface area contributed by atoms with Gasteiger partial charge in [0.05, 0.1) is 10.9 Å². The lowest BCUT2D eigenvalue weighted by atomic mass is 10.1. The van der Waals surface area contributed by atoms with Crippen LogP contribution in [0.15, 0.2) is 40.8 Å². The van der Waals surface area contributed by atoms with Gasteiger partial charge in [-0.1, -0.05) is 18.2 Å². The van der Waals surface area contributed by atoms with Crippen molar-refractivity contribution in [3.8, 4) is 0 Å². The van der Waals surface area contributed by atoms with Crippen LogP contribution in [-0.4, -0.2) is 5.91 Å². The number of hydrogen-bond donors (Lipinski definition) is 1. The SMILES string of the molecule is Cc1ccc([C@@H](C)NC(=O)c2sc3ccccc3c2C)o1. The van der Waals surface area contributed by atoms with Crippen molar-refractivity contribution in [2.45, 2.75) is 26.8 Å². The van der Waals surface area contributed by atoms with Crippen LogP contribution in [0, 0.1) is 13.8 Å². The molecule has 3 rings (SSSR count). The van der Waals surface area contributed by atoms with E-state index in [4.69, 9.17) is 4.42 Å². The van der Waals surface area contributed by atoms with Gasteiger partial charge in [0.1, 0.15) is 11.5 Å². The second-order valence-electron chi connectivity index (χ2n) is 5.20. The van der Waals surface area contributed by atoms with E-state index in [1.54, 1.807) is 0 Å². The first-order valence-electron chi connectivity index (χ1n) is 6.91. The number of rotatable bonds is 3. The molecule has 0 saturated heterocycles. The number of furan rings is 1. The predicted molar refractivity (Wildman–Crippen MR) is 85.9 cm³/mol. The summed E-state index contributed by atoms with van der Waals surface area (Å²) in [4.78, 5) is 13.3. The van der Waals surface area contributed by atoms with E-state index in [0.717, 1.165) is 32.0 Å². The fraction of sp³-hybridized carbons (Fsp3) is 0.235. The number of aryl methyl sites for hydroxylation is 2. The second kappa shape index (κ2) is 5.37. The average Bonchev–Trinajstić information content (AvgIpc) is 3.04. The summed E-state index contributed by atoms with van der Waals surface area (Å²) < 4.78 is 6.70. The van der Waals surface area contributed by atoms with Crippen molar-refractivity contribution < 1.29 is 9.21 Å². The Morgan fingerprint density at radius 3 is 2.62 bits per heavy atom.